The highest BCUT2D eigenvalue weighted by Crippen LogP contribution is 2.48. The lowest BCUT2D eigenvalue weighted by molar-refractivity contribution is 0.416. The van der Waals surface area contributed by atoms with Gasteiger partial charge in [-0.1, -0.05) is 36.4 Å². The molecular weight excluding hydrogens is 350 g/mol. The van der Waals surface area contributed by atoms with Gasteiger partial charge in [-0.05, 0) is 35.9 Å². The van der Waals surface area contributed by atoms with Crippen LogP contribution in [-0.2, 0) is 6.42 Å². The number of H-pyrrole nitrogens is 2. The highest BCUT2D eigenvalue weighted by molar-refractivity contribution is 5.98. The summed E-state index contributed by atoms with van der Waals surface area (Å²) in [5, 5.41) is 23.6. The van der Waals surface area contributed by atoms with Gasteiger partial charge in [0.15, 0.2) is 11.8 Å². The molecule has 1 atom stereocenters. The topological polar surface area (TPSA) is 77.0 Å². The summed E-state index contributed by atoms with van der Waals surface area (Å²) < 4.78 is 2.23. The number of aryl methyl sites for hydroxylation is 1. The van der Waals surface area contributed by atoms with Crippen molar-refractivity contribution in [3.63, 3.8) is 0 Å². The molecule has 0 amide bonds. The molecule has 5 heteroatoms. The van der Waals surface area contributed by atoms with Gasteiger partial charge in [-0.3, -0.25) is 4.98 Å². The van der Waals surface area contributed by atoms with Gasteiger partial charge >= 0.3 is 0 Å². The molecule has 1 aliphatic heterocycles. The first-order valence-corrected chi connectivity index (χ1v) is 9.51. The molecule has 0 spiro atoms. The summed E-state index contributed by atoms with van der Waals surface area (Å²) in [5.41, 5.74) is 5.84. The molecule has 6 rings (SSSR count). The number of aromatic nitrogens is 3. The summed E-state index contributed by atoms with van der Waals surface area (Å²) in [5.74, 6) is 0.0310. The maximum absolute atomic E-state index is 10.7. The second kappa shape index (κ2) is 5.45. The molecule has 0 bridgehead atoms. The Kier molecular flexibility index (Phi) is 3.01. The average Bonchev–Trinajstić information content (AvgIpc) is 3.39. The Morgan fingerprint density at radius 2 is 1.86 bits per heavy atom. The number of benzene rings is 2. The molecule has 2 aromatic carbocycles. The van der Waals surface area contributed by atoms with Crippen LogP contribution in [0.3, 0.4) is 0 Å². The van der Waals surface area contributed by atoms with Crippen LogP contribution in [0, 0.1) is 0 Å². The number of aromatic hydroxyl groups is 2. The van der Waals surface area contributed by atoms with Gasteiger partial charge in [-0.2, -0.15) is 0 Å². The highest BCUT2D eigenvalue weighted by atomic mass is 16.3. The third kappa shape index (κ3) is 1.96. The van der Waals surface area contributed by atoms with Crippen LogP contribution < -0.4 is 0 Å². The fraction of sp³-hybridized carbons (Fsp3) is 0.130. The Hall–Kier alpha value is -3.60. The summed E-state index contributed by atoms with van der Waals surface area (Å²) >= 11 is 0. The van der Waals surface area contributed by atoms with Crippen molar-refractivity contribution in [1.29, 1.82) is 0 Å². The maximum Gasteiger partial charge on any atom is 0.199 e. The molecule has 1 aliphatic rings. The Bertz CT molecular complexity index is 1360. The van der Waals surface area contributed by atoms with E-state index in [2.05, 4.69) is 45.0 Å². The molecule has 0 fully saturated rings. The zero-order valence-corrected chi connectivity index (χ0v) is 15.1. The molecule has 138 valence electrons. The number of nitrogens with zero attached hydrogens (tertiary/aromatic N) is 1. The van der Waals surface area contributed by atoms with Crippen molar-refractivity contribution in [3.05, 3.63) is 72.1 Å². The third-order valence-electron chi connectivity index (χ3n) is 6.04. The minimum absolute atomic E-state index is 0.000452. The number of nitrogens with one attached hydrogen (secondary N) is 2. The van der Waals surface area contributed by atoms with Crippen LogP contribution in [0.15, 0.2) is 60.9 Å². The standard InChI is InChI=1S/C23H19N3O2/c27-22-19(16-12-24-17-7-2-1-6-15(16)17)20(23(28)25-22)18-9-8-13-4-3-5-14-10-11-26(18)21(13)14/h1-7,10-12,18,24-25,27-28H,8-9H2. The van der Waals surface area contributed by atoms with Crippen molar-refractivity contribution in [3.8, 4) is 22.9 Å². The normalized spacial score (nSPS) is 16.2. The van der Waals surface area contributed by atoms with E-state index < -0.39 is 0 Å². The quantitative estimate of drug-likeness (QED) is 0.351. The molecule has 5 aromatic rings. The van der Waals surface area contributed by atoms with E-state index in [1.54, 1.807) is 0 Å². The van der Waals surface area contributed by atoms with E-state index in [-0.39, 0.29) is 17.8 Å². The maximum atomic E-state index is 10.7. The lowest BCUT2D eigenvalue weighted by atomic mass is 9.91. The fourth-order valence-corrected chi connectivity index (χ4v) is 4.84. The zero-order chi connectivity index (χ0) is 18.8. The van der Waals surface area contributed by atoms with Crippen LogP contribution in [0.1, 0.15) is 23.6 Å². The molecular formula is C23H19N3O2. The van der Waals surface area contributed by atoms with Crippen molar-refractivity contribution in [1.82, 2.24) is 14.5 Å². The SMILES string of the molecule is Oc1[nH]c(O)c(C2CCc3cccc4ccn2c34)c1-c1c[nH]c2ccccc12. The lowest BCUT2D eigenvalue weighted by Crippen LogP contribution is -2.16. The van der Waals surface area contributed by atoms with Gasteiger partial charge in [0.25, 0.3) is 0 Å². The van der Waals surface area contributed by atoms with E-state index in [0.717, 1.165) is 34.9 Å². The average molecular weight is 369 g/mol. The number of rotatable bonds is 2. The second-order valence-corrected chi connectivity index (χ2v) is 7.49. The van der Waals surface area contributed by atoms with Crippen LogP contribution in [0.25, 0.3) is 32.9 Å². The number of aromatic amines is 2. The first-order chi connectivity index (χ1) is 13.7. The summed E-state index contributed by atoms with van der Waals surface area (Å²) in [6, 6.07) is 16.4. The van der Waals surface area contributed by atoms with Crippen molar-refractivity contribution in [2.45, 2.75) is 18.9 Å². The molecule has 5 nitrogen and oxygen atoms in total. The van der Waals surface area contributed by atoms with Crippen LogP contribution >= 0.6 is 0 Å². The van der Waals surface area contributed by atoms with Crippen LogP contribution in [-0.4, -0.2) is 24.7 Å². The van der Waals surface area contributed by atoms with E-state index >= 15 is 0 Å². The first kappa shape index (κ1) is 15.5. The largest absolute Gasteiger partial charge is 0.494 e. The zero-order valence-electron chi connectivity index (χ0n) is 15.1. The van der Waals surface area contributed by atoms with E-state index in [1.165, 1.54) is 16.5 Å². The Labute approximate surface area is 160 Å². The molecule has 0 saturated carbocycles. The summed E-state index contributed by atoms with van der Waals surface area (Å²) in [4.78, 5) is 6.03. The summed E-state index contributed by atoms with van der Waals surface area (Å²) in [6.07, 6.45) is 5.78. The minimum atomic E-state index is -0.0480. The molecule has 0 radical (unpaired) electrons. The molecule has 0 aliphatic carbocycles. The summed E-state index contributed by atoms with van der Waals surface area (Å²) in [6.45, 7) is 0. The minimum Gasteiger partial charge on any atom is -0.494 e. The van der Waals surface area contributed by atoms with Crippen molar-refractivity contribution >= 4 is 21.8 Å². The smallest absolute Gasteiger partial charge is 0.199 e. The first-order valence-electron chi connectivity index (χ1n) is 9.51. The third-order valence-corrected chi connectivity index (χ3v) is 6.04. The van der Waals surface area contributed by atoms with E-state index in [9.17, 15) is 10.2 Å². The Morgan fingerprint density at radius 3 is 2.79 bits per heavy atom. The van der Waals surface area contributed by atoms with Crippen molar-refractivity contribution < 1.29 is 10.2 Å². The molecule has 3 aromatic heterocycles. The van der Waals surface area contributed by atoms with E-state index in [0.29, 0.717) is 5.56 Å². The molecule has 28 heavy (non-hydrogen) atoms. The van der Waals surface area contributed by atoms with Crippen LogP contribution in [0.5, 0.6) is 11.8 Å². The number of para-hydroxylation sites is 2. The fourth-order valence-electron chi connectivity index (χ4n) is 4.84. The van der Waals surface area contributed by atoms with Crippen LogP contribution in [0.2, 0.25) is 0 Å². The van der Waals surface area contributed by atoms with Gasteiger partial charge in [0.2, 0.25) is 0 Å². The summed E-state index contributed by atoms with van der Waals surface area (Å²) in [7, 11) is 0. The van der Waals surface area contributed by atoms with Gasteiger partial charge in [0, 0.05) is 34.4 Å². The highest BCUT2D eigenvalue weighted by Gasteiger charge is 2.31. The van der Waals surface area contributed by atoms with Gasteiger partial charge < -0.3 is 19.8 Å². The Balaban J connectivity index is 1.62. The predicted octanol–water partition coefficient (Wildman–Crippen LogP) is 5.06. The monoisotopic (exact) mass is 369 g/mol. The van der Waals surface area contributed by atoms with E-state index in [1.807, 2.05) is 30.5 Å². The molecule has 4 heterocycles. The second-order valence-electron chi connectivity index (χ2n) is 7.49. The van der Waals surface area contributed by atoms with E-state index in [4.69, 9.17) is 0 Å². The Morgan fingerprint density at radius 1 is 0.964 bits per heavy atom. The molecule has 1 unspecified atom stereocenters. The number of hydrogen-bond acceptors (Lipinski definition) is 2. The molecule has 0 saturated heterocycles. The van der Waals surface area contributed by atoms with Gasteiger partial charge in [0.1, 0.15) is 0 Å². The number of hydrogen-bond donors (Lipinski definition) is 4. The van der Waals surface area contributed by atoms with Gasteiger partial charge in [-0.25, -0.2) is 0 Å². The van der Waals surface area contributed by atoms with Gasteiger partial charge in [-0.15, -0.1) is 0 Å². The van der Waals surface area contributed by atoms with Crippen molar-refractivity contribution in [2.75, 3.05) is 0 Å². The number of fused-ring (bicyclic) bond motifs is 1. The lowest BCUT2D eigenvalue weighted by Gasteiger charge is -2.26. The van der Waals surface area contributed by atoms with Crippen LogP contribution in [0.4, 0.5) is 0 Å². The predicted molar refractivity (Wildman–Crippen MR) is 110 cm³/mol. The van der Waals surface area contributed by atoms with Gasteiger partial charge in [0.05, 0.1) is 17.1 Å². The molecule has 4 N–H and O–H groups in total. The van der Waals surface area contributed by atoms with Crippen molar-refractivity contribution in [2.24, 2.45) is 0 Å².